The van der Waals surface area contributed by atoms with Gasteiger partial charge < -0.3 is 15.4 Å². The molecule has 1 unspecified atom stereocenters. The first-order valence-electron chi connectivity index (χ1n) is 6.87. The van der Waals surface area contributed by atoms with E-state index >= 15 is 0 Å². The van der Waals surface area contributed by atoms with Crippen LogP contribution in [0.25, 0.3) is 0 Å². The largest absolute Gasteiger partial charge is 0.453 e. The number of carbonyl (C=O) groups excluding carboxylic acids is 1. The molecule has 19 heavy (non-hydrogen) atoms. The number of ether oxygens (including phenoxy) is 1. The van der Waals surface area contributed by atoms with Crippen molar-refractivity contribution >= 4 is 6.09 Å². The van der Waals surface area contributed by atoms with Crippen molar-refractivity contribution in [2.45, 2.75) is 38.8 Å². The molecule has 1 heterocycles. The van der Waals surface area contributed by atoms with E-state index in [2.05, 4.69) is 25.1 Å². The highest BCUT2D eigenvalue weighted by molar-refractivity contribution is 5.69. The summed E-state index contributed by atoms with van der Waals surface area (Å²) in [7, 11) is 1.44. The highest BCUT2D eigenvalue weighted by atomic mass is 16.5. The van der Waals surface area contributed by atoms with E-state index in [1.165, 1.54) is 18.2 Å². The van der Waals surface area contributed by atoms with Gasteiger partial charge in [-0.3, -0.25) is 0 Å². The van der Waals surface area contributed by atoms with Crippen LogP contribution in [0, 0.1) is 0 Å². The second-order valence-corrected chi connectivity index (χ2v) is 4.96. The van der Waals surface area contributed by atoms with Gasteiger partial charge in [-0.15, -0.1) is 0 Å². The fraction of sp³-hybridized carbons (Fsp3) is 0.533. The van der Waals surface area contributed by atoms with Crippen molar-refractivity contribution < 1.29 is 9.53 Å². The molecule has 1 amide bonds. The van der Waals surface area contributed by atoms with E-state index in [-0.39, 0.29) is 12.1 Å². The van der Waals surface area contributed by atoms with Crippen LogP contribution in [0.4, 0.5) is 4.79 Å². The molecule has 2 N–H and O–H groups in total. The van der Waals surface area contributed by atoms with E-state index < -0.39 is 0 Å². The Balaban J connectivity index is 2.34. The van der Waals surface area contributed by atoms with E-state index in [1.807, 2.05) is 4.90 Å². The number of hydrogen-bond donors (Lipinski definition) is 1. The summed E-state index contributed by atoms with van der Waals surface area (Å²) >= 11 is 0. The normalized spacial score (nSPS) is 18.1. The fourth-order valence-corrected chi connectivity index (χ4v) is 2.81. The van der Waals surface area contributed by atoms with Crippen LogP contribution in [0.3, 0.4) is 0 Å². The molecule has 1 aromatic carbocycles. The maximum Gasteiger partial charge on any atom is 0.410 e. The predicted molar refractivity (Wildman–Crippen MR) is 74.8 cm³/mol. The zero-order valence-corrected chi connectivity index (χ0v) is 11.7. The topological polar surface area (TPSA) is 55.6 Å². The van der Waals surface area contributed by atoms with Crippen LogP contribution >= 0.6 is 0 Å². The van der Waals surface area contributed by atoms with Gasteiger partial charge in [-0.1, -0.05) is 31.5 Å². The maximum atomic E-state index is 11.9. The lowest BCUT2D eigenvalue weighted by Crippen LogP contribution is -2.40. The third-order valence-electron chi connectivity index (χ3n) is 3.77. The molecule has 0 saturated heterocycles. The van der Waals surface area contributed by atoms with Gasteiger partial charge in [-0.25, -0.2) is 4.79 Å². The highest BCUT2D eigenvalue weighted by Crippen LogP contribution is 2.34. The van der Waals surface area contributed by atoms with E-state index in [0.717, 1.165) is 31.4 Å². The van der Waals surface area contributed by atoms with E-state index in [1.54, 1.807) is 0 Å². The van der Waals surface area contributed by atoms with Gasteiger partial charge in [0.2, 0.25) is 0 Å². The Bertz CT molecular complexity index is 459. The molecule has 104 valence electrons. The number of carbonyl (C=O) groups is 1. The predicted octanol–water partition coefficient (Wildman–Crippen LogP) is 2.61. The van der Waals surface area contributed by atoms with Gasteiger partial charge in [0.15, 0.2) is 0 Å². The van der Waals surface area contributed by atoms with E-state index in [9.17, 15) is 4.79 Å². The zero-order valence-electron chi connectivity index (χ0n) is 11.7. The lowest BCUT2D eigenvalue weighted by atomic mass is 9.89. The van der Waals surface area contributed by atoms with Crippen LogP contribution < -0.4 is 5.73 Å². The number of fused-ring (bicyclic) bond motifs is 1. The molecular formula is C15H22N2O2. The van der Waals surface area contributed by atoms with Crippen molar-refractivity contribution in [1.82, 2.24) is 4.90 Å². The summed E-state index contributed by atoms with van der Waals surface area (Å²) in [5, 5.41) is 0. The molecule has 1 aliphatic heterocycles. The van der Waals surface area contributed by atoms with Gasteiger partial charge in [0.1, 0.15) is 0 Å². The molecule has 0 fully saturated rings. The van der Waals surface area contributed by atoms with Crippen LogP contribution in [-0.2, 0) is 17.7 Å². The SMILES string of the molecule is CCCC1c2ccc(CN)cc2CCN1C(=O)OC. The summed E-state index contributed by atoms with van der Waals surface area (Å²) < 4.78 is 4.89. The summed E-state index contributed by atoms with van der Waals surface area (Å²) in [6.45, 7) is 3.42. The molecule has 4 nitrogen and oxygen atoms in total. The van der Waals surface area contributed by atoms with Crippen LogP contribution in [0.5, 0.6) is 0 Å². The second kappa shape index (κ2) is 6.06. The van der Waals surface area contributed by atoms with Crippen molar-refractivity contribution in [3.8, 4) is 0 Å². The molecule has 1 aliphatic rings. The Hall–Kier alpha value is -1.55. The maximum absolute atomic E-state index is 11.9. The molecule has 0 spiro atoms. The summed E-state index contributed by atoms with van der Waals surface area (Å²) in [5.41, 5.74) is 9.41. The Morgan fingerprint density at radius 3 is 2.95 bits per heavy atom. The number of nitrogens with two attached hydrogens (primary N) is 1. The first-order valence-corrected chi connectivity index (χ1v) is 6.87. The van der Waals surface area contributed by atoms with Crippen molar-refractivity contribution in [1.29, 1.82) is 0 Å². The summed E-state index contributed by atoms with van der Waals surface area (Å²) in [6, 6.07) is 6.48. The quantitative estimate of drug-likeness (QED) is 0.911. The molecule has 1 atom stereocenters. The molecule has 0 saturated carbocycles. The minimum atomic E-state index is -0.230. The average Bonchev–Trinajstić information content (AvgIpc) is 2.46. The number of rotatable bonds is 3. The van der Waals surface area contributed by atoms with Crippen molar-refractivity contribution in [3.63, 3.8) is 0 Å². The van der Waals surface area contributed by atoms with Gasteiger partial charge in [0.25, 0.3) is 0 Å². The Labute approximate surface area is 114 Å². The standard InChI is InChI=1S/C15H22N2O2/c1-3-4-14-13-6-5-11(10-16)9-12(13)7-8-17(14)15(18)19-2/h5-6,9,14H,3-4,7-8,10,16H2,1-2H3. The smallest absolute Gasteiger partial charge is 0.410 e. The average molecular weight is 262 g/mol. The van der Waals surface area contributed by atoms with Gasteiger partial charge in [-0.05, 0) is 29.5 Å². The Kier molecular flexibility index (Phi) is 4.43. The number of nitrogens with zero attached hydrogens (tertiary/aromatic N) is 1. The van der Waals surface area contributed by atoms with Crippen LogP contribution in [-0.4, -0.2) is 24.6 Å². The monoisotopic (exact) mass is 262 g/mol. The number of benzene rings is 1. The number of amides is 1. The Morgan fingerprint density at radius 2 is 2.32 bits per heavy atom. The molecular weight excluding hydrogens is 240 g/mol. The lowest BCUT2D eigenvalue weighted by Gasteiger charge is -2.36. The number of methoxy groups -OCH3 is 1. The molecule has 0 bridgehead atoms. The summed E-state index contributed by atoms with van der Waals surface area (Å²) in [4.78, 5) is 13.7. The van der Waals surface area contributed by atoms with Crippen LogP contribution in [0.2, 0.25) is 0 Å². The molecule has 0 radical (unpaired) electrons. The summed E-state index contributed by atoms with van der Waals surface area (Å²) in [5.74, 6) is 0. The third kappa shape index (κ3) is 2.73. The van der Waals surface area contributed by atoms with Crippen LogP contribution in [0.15, 0.2) is 18.2 Å². The van der Waals surface area contributed by atoms with Gasteiger partial charge >= 0.3 is 6.09 Å². The number of hydrogen-bond acceptors (Lipinski definition) is 3. The minimum absolute atomic E-state index is 0.132. The highest BCUT2D eigenvalue weighted by Gasteiger charge is 2.30. The van der Waals surface area contributed by atoms with Crippen LogP contribution in [0.1, 0.15) is 42.5 Å². The molecule has 1 aromatic rings. The van der Waals surface area contributed by atoms with E-state index in [0.29, 0.717) is 6.54 Å². The summed E-state index contributed by atoms with van der Waals surface area (Å²) in [6.07, 6.45) is 2.64. The lowest BCUT2D eigenvalue weighted by molar-refractivity contribution is 0.0981. The Morgan fingerprint density at radius 1 is 1.53 bits per heavy atom. The first kappa shape index (κ1) is 13.9. The van der Waals surface area contributed by atoms with Gasteiger partial charge in [0.05, 0.1) is 13.2 Å². The molecule has 0 aliphatic carbocycles. The fourth-order valence-electron chi connectivity index (χ4n) is 2.81. The van der Waals surface area contributed by atoms with Gasteiger partial charge in [0, 0.05) is 13.1 Å². The van der Waals surface area contributed by atoms with Crippen molar-refractivity contribution in [2.24, 2.45) is 5.73 Å². The molecule has 0 aromatic heterocycles. The van der Waals surface area contributed by atoms with Gasteiger partial charge in [-0.2, -0.15) is 0 Å². The molecule has 2 rings (SSSR count). The second-order valence-electron chi connectivity index (χ2n) is 4.96. The van der Waals surface area contributed by atoms with Crippen molar-refractivity contribution in [3.05, 3.63) is 34.9 Å². The van der Waals surface area contributed by atoms with Crippen molar-refractivity contribution in [2.75, 3.05) is 13.7 Å². The molecule has 4 heteroatoms. The van der Waals surface area contributed by atoms with E-state index in [4.69, 9.17) is 10.5 Å². The zero-order chi connectivity index (χ0) is 13.8. The minimum Gasteiger partial charge on any atom is -0.453 e. The first-order chi connectivity index (χ1) is 9.21. The third-order valence-corrected chi connectivity index (χ3v) is 3.77.